The molecule has 9 heteroatoms. The monoisotopic (exact) mass is 277 g/mol. The average molecular weight is 277 g/mol. The Morgan fingerprint density at radius 1 is 1.47 bits per heavy atom. The summed E-state index contributed by atoms with van der Waals surface area (Å²) < 4.78 is 53.5. The van der Waals surface area contributed by atoms with Gasteiger partial charge >= 0.3 is 12.1 Å². The second kappa shape index (κ2) is 4.82. The summed E-state index contributed by atoms with van der Waals surface area (Å²) >= 11 is 0. The molecule has 1 aromatic rings. The van der Waals surface area contributed by atoms with Gasteiger partial charge in [0, 0.05) is 18.2 Å². The minimum absolute atomic E-state index is 0.00454. The van der Waals surface area contributed by atoms with Gasteiger partial charge in [0.15, 0.2) is 0 Å². The standard InChI is InChI=1S/C10H7F4N3O2/c11-5-3-6(7-1-2-16-17-7)8(15-4-5)19-9(18)10(12,13)14/h2-4,7,17H,1H2. The zero-order valence-electron chi connectivity index (χ0n) is 9.24. The topological polar surface area (TPSA) is 63.6 Å². The summed E-state index contributed by atoms with van der Waals surface area (Å²) in [6.07, 6.45) is -2.70. The van der Waals surface area contributed by atoms with Crippen molar-refractivity contribution in [3.05, 3.63) is 23.6 Å². The quantitative estimate of drug-likeness (QED) is 0.660. The van der Waals surface area contributed by atoms with E-state index in [1.54, 1.807) is 0 Å². The highest BCUT2D eigenvalue weighted by Gasteiger charge is 2.42. The molecule has 0 saturated carbocycles. The fourth-order valence-corrected chi connectivity index (χ4v) is 1.47. The van der Waals surface area contributed by atoms with Crippen LogP contribution in [0.3, 0.4) is 0 Å². The molecule has 0 aliphatic carbocycles. The third kappa shape index (κ3) is 2.98. The van der Waals surface area contributed by atoms with E-state index in [9.17, 15) is 22.4 Å². The Balaban J connectivity index is 2.27. The number of pyridine rings is 1. The van der Waals surface area contributed by atoms with Gasteiger partial charge in [0.25, 0.3) is 0 Å². The fourth-order valence-electron chi connectivity index (χ4n) is 1.47. The van der Waals surface area contributed by atoms with Crippen molar-refractivity contribution in [2.75, 3.05) is 0 Å². The Kier molecular flexibility index (Phi) is 3.36. The molecule has 2 heterocycles. The van der Waals surface area contributed by atoms with Crippen LogP contribution in [0.4, 0.5) is 17.6 Å². The van der Waals surface area contributed by atoms with Gasteiger partial charge in [0.2, 0.25) is 5.88 Å². The van der Waals surface area contributed by atoms with Crippen LogP contribution >= 0.6 is 0 Å². The van der Waals surface area contributed by atoms with E-state index < -0.39 is 29.9 Å². The molecular formula is C10H7F4N3O2. The lowest BCUT2D eigenvalue weighted by molar-refractivity contribution is -0.190. The van der Waals surface area contributed by atoms with Gasteiger partial charge in [-0.25, -0.2) is 14.2 Å². The number of alkyl halides is 3. The van der Waals surface area contributed by atoms with Crippen LogP contribution in [0.15, 0.2) is 17.4 Å². The summed E-state index contributed by atoms with van der Waals surface area (Å²) in [5.41, 5.74) is 2.54. The van der Waals surface area contributed by atoms with Gasteiger partial charge in [0.05, 0.1) is 12.2 Å². The van der Waals surface area contributed by atoms with Crippen molar-refractivity contribution in [3.63, 3.8) is 0 Å². The predicted octanol–water partition coefficient (Wildman–Crippen LogP) is 1.71. The smallest absolute Gasteiger partial charge is 0.400 e. The summed E-state index contributed by atoms with van der Waals surface area (Å²) in [4.78, 5) is 14.1. The van der Waals surface area contributed by atoms with E-state index >= 15 is 0 Å². The number of rotatable bonds is 2. The highest BCUT2D eigenvalue weighted by atomic mass is 19.4. The SMILES string of the molecule is O=C(Oc1ncc(F)cc1C1CC=NN1)C(F)(F)F. The third-order valence-electron chi connectivity index (χ3n) is 2.30. The highest BCUT2D eigenvalue weighted by Crippen LogP contribution is 2.29. The molecule has 0 bridgehead atoms. The minimum atomic E-state index is -5.15. The summed E-state index contributed by atoms with van der Waals surface area (Å²) in [5, 5.41) is 3.65. The molecule has 0 radical (unpaired) electrons. The van der Waals surface area contributed by atoms with Gasteiger partial charge in [-0.15, -0.1) is 0 Å². The Labute approximate surface area is 104 Å². The molecule has 1 atom stereocenters. The number of hydrazone groups is 1. The molecule has 1 aliphatic heterocycles. The molecule has 19 heavy (non-hydrogen) atoms. The van der Waals surface area contributed by atoms with Crippen LogP contribution in [0.25, 0.3) is 0 Å². The van der Waals surface area contributed by atoms with Crippen molar-refractivity contribution in [1.29, 1.82) is 0 Å². The van der Waals surface area contributed by atoms with Gasteiger partial charge in [-0.2, -0.15) is 18.3 Å². The lowest BCUT2D eigenvalue weighted by atomic mass is 10.1. The molecule has 1 aliphatic rings. The number of carbonyl (C=O) groups excluding carboxylic acids is 1. The molecule has 5 nitrogen and oxygen atoms in total. The zero-order valence-corrected chi connectivity index (χ0v) is 9.24. The highest BCUT2D eigenvalue weighted by molar-refractivity contribution is 5.78. The molecule has 0 aromatic carbocycles. The molecule has 1 aromatic heterocycles. The minimum Gasteiger partial charge on any atom is -0.400 e. The Morgan fingerprint density at radius 2 is 2.21 bits per heavy atom. The van der Waals surface area contributed by atoms with Gasteiger partial charge in [0.1, 0.15) is 5.82 Å². The van der Waals surface area contributed by atoms with Gasteiger partial charge in [-0.05, 0) is 6.07 Å². The largest absolute Gasteiger partial charge is 0.491 e. The number of nitrogens with one attached hydrogen (secondary N) is 1. The maximum atomic E-state index is 13.1. The molecule has 2 rings (SSSR count). The van der Waals surface area contributed by atoms with Crippen molar-refractivity contribution >= 4 is 12.2 Å². The number of aromatic nitrogens is 1. The summed E-state index contributed by atoms with van der Waals surface area (Å²) in [7, 11) is 0. The number of esters is 1. The second-order valence-corrected chi connectivity index (χ2v) is 3.66. The van der Waals surface area contributed by atoms with E-state index in [0.717, 1.165) is 6.07 Å². The summed E-state index contributed by atoms with van der Waals surface area (Å²) in [6, 6.07) is 0.359. The van der Waals surface area contributed by atoms with Crippen molar-refractivity contribution < 1.29 is 27.1 Å². The summed E-state index contributed by atoms with van der Waals surface area (Å²) in [5.74, 6) is -3.76. The number of hydrogen-bond donors (Lipinski definition) is 1. The molecule has 1 N–H and O–H groups in total. The van der Waals surface area contributed by atoms with Crippen molar-refractivity contribution in [2.45, 2.75) is 18.6 Å². The maximum Gasteiger partial charge on any atom is 0.491 e. The molecule has 1 unspecified atom stereocenters. The van der Waals surface area contributed by atoms with Crippen LogP contribution in [0.1, 0.15) is 18.0 Å². The van der Waals surface area contributed by atoms with E-state index in [1.807, 2.05) is 0 Å². The predicted molar refractivity (Wildman–Crippen MR) is 54.9 cm³/mol. The first-order valence-corrected chi connectivity index (χ1v) is 5.09. The molecule has 102 valence electrons. The number of carbonyl (C=O) groups is 1. The molecule has 0 spiro atoms. The first kappa shape index (κ1) is 13.2. The van der Waals surface area contributed by atoms with Crippen LogP contribution in [0.5, 0.6) is 5.88 Å². The molecular weight excluding hydrogens is 270 g/mol. The normalized spacial score (nSPS) is 18.2. The first-order chi connectivity index (χ1) is 8.88. The zero-order chi connectivity index (χ0) is 14.0. The van der Waals surface area contributed by atoms with Crippen LogP contribution in [-0.2, 0) is 4.79 Å². The number of nitrogens with zero attached hydrogens (tertiary/aromatic N) is 2. The van der Waals surface area contributed by atoms with Crippen molar-refractivity contribution in [3.8, 4) is 5.88 Å². The number of hydrogen-bond acceptors (Lipinski definition) is 5. The van der Waals surface area contributed by atoms with Crippen LogP contribution in [-0.4, -0.2) is 23.3 Å². The molecule has 0 fully saturated rings. The van der Waals surface area contributed by atoms with Crippen LogP contribution < -0.4 is 10.2 Å². The number of ether oxygens (including phenoxy) is 1. The van der Waals surface area contributed by atoms with Crippen LogP contribution in [0, 0.1) is 5.82 Å². The summed E-state index contributed by atoms with van der Waals surface area (Å²) in [6.45, 7) is 0. The molecule has 0 amide bonds. The van der Waals surface area contributed by atoms with E-state index in [2.05, 4.69) is 20.2 Å². The van der Waals surface area contributed by atoms with Crippen molar-refractivity contribution in [2.24, 2.45) is 5.10 Å². The Morgan fingerprint density at radius 3 is 2.79 bits per heavy atom. The lowest BCUT2D eigenvalue weighted by Crippen LogP contribution is -2.29. The Hall–Kier alpha value is -2.19. The van der Waals surface area contributed by atoms with E-state index in [1.165, 1.54) is 6.21 Å². The van der Waals surface area contributed by atoms with Crippen molar-refractivity contribution in [1.82, 2.24) is 10.4 Å². The van der Waals surface area contributed by atoms with Gasteiger partial charge in [-0.1, -0.05) is 0 Å². The first-order valence-electron chi connectivity index (χ1n) is 5.09. The lowest BCUT2D eigenvalue weighted by Gasteiger charge is -2.14. The van der Waals surface area contributed by atoms with E-state index in [-0.39, 0.29) is 5.56 Å². The fraction of sp³-hybridized carbons (Fsp3) is 0.300. The van der Waals surface area contributed by atoms with Gasteiger partial charge in [-0.3, -0.25) is 0 Å². The average Bonchev–Trinajstić information content (AvgIpc) is 2.83. The maximum absolute atomic E-state index is 13.1. The Bertz CT molecular complexity index is 522. The van der Waals surface area contributed by atoms with Crippen LogP contribution in [0.2, 0.25) is 0 Å². The molecule has 0 saturated heterocycles. The van der Waals surface area contributed by atoms with E-state index in [0.29, 0.717) is 12.6 Å². The van der Waals surface area contributed by atoms with Gasteiger partial charge < -0.3 is 10.2 Å². The third-order valence-corrected chi connectivity index (χ3v) is 2.30. The van der Waals surface area contributed by atoms with E-state index in [4.69, 9.17) is 0 Å². The second-order valence-electron chi connectivity index (χ2n) is 3.66. The number of halogens is 4.